The highest BCUT2D eigenvalue weighted by Crippen LogP contribution is 2.39. The van der Waals surface area contributed by atoms with Gasteiger partial charge in [0.05, 0.1) is 33.5 Å². The maximum Gasteiger partial charge on any atom is 0.230 e. The number of terminal acetylenes is 1. The van der Waals surface area contributed by atoms with Crippen LogP contribution in [0.3, 0.4) is 0 Å². The molecule has 1 amide bonds. The number of nitrogens with one attached hydrogen (secondary N) is 2. The zero-order chi connectivity index (χ0) is 31.3. The molecule has 8 nitrogen and oxygen atoms in total. The van der Waals surface area contributed by atoms with Gasteiger partial charge in [0.1, 0.15) is 11.6 Å². The van der Waals surface area contributed by atoms with Gasteiger partial charge in [-0.25, -0.2) is 13.8 Å². The predicted octanol–water partition coefficient (Wildman–Crippen LogP) is 6.36. The van der Waals surface area contributed by atoms with Crippen LogP contribution in [-0.4, -0.2) is 50.1 Å². The summed E-state index contributed by atoms with van der Waals surface area (Å²) in [5, 5.41) is 5.29. The van der Waals surface area contributed by atoms with Gasteiger partial charge in [-0.1, -0.05) is 12.0 Å². The Balaban J connectivity index is 1.09. The molecule has 12 heteroatoms. The highest BCUT2D eigenvalue weighted by atomic mass is 32.1. The Morgan fingerprint density at radius 1 is 1.07 bits per heavy atom. The highest BCUT2D eigenvalue weighted by molar-refractivity contribution is 7.80. The maximum absolute atomic E-state index is 15.1. The number of thiophene rings is 1. The minimum Gasteiger partial charge on any atom is -0.453 e. The average molecular weight is 643 g/mol. The number of thiocarbonyl (C=S) groups is 1. The lowest BCUT2D eigenvalue weighted by molar-refractivity contribution is -0.119. The fourth-order valence-corrected chi connectivity index (χ4v) is 6.38. The third-order valence-corrected chi connectivity index (χ3v) is 8.74. The molecule has 1 aliphatic heterocycles. The number of amides is 1. The number of carbonyl (C=O) groups excluding carboxylic acids is 1. The molecule has 0 atom stereocenters. The number of rotatable bonds is 9. The molecule has 1 saturated heterocycles. The minimum absolute atomic E-state index is 0.0160. The number of nitrogens with zero attached hydrogens (tertiary/aromatic N) is 4. The number of aromatic nitrogens is 3. The number of hydrogen-bond acceptors (Lipinski definition) is 7. The Morgan fingerprint density at radius 3 is 2.71 bits per heavy atom. The molecule has 1 fully saturated rings. The van der Waals surface area contributed by atoms with Crippen molar-refractivity contribution in [1.82, 2.24) is 24.8 Å². The molecule has 5 aromatic rings. The fourth-order valence-electron chi connectivity index (χ4n) is 5.12. The summed E-state index contributed by atoms with van der Waals surface area (Å²) >= 11 is 6.70. The summed E-state index contributed by atoms with van der Waals surface area (Å²) in [5.41, 5.74) is 2.66. The molecule has 0 spiro atoms. The monoisotopic (exact) mass is 642 g/mol. The van der Waals surface area contributed by atoms with E-state index in [0.29, 0.717) is 17.0 Å². The van der Waals surface area contributed by atoms with Crippen LogP contribution >= 0.6 is 23.6 Å². The highest BCUT2D eigenvalue weighted by Gasteiger charge is 2.16. The predicted molar refractivity (Wildman–Crippen MR) is 175 cm³/mol. The van der Waals surface area contributed by atoms with E-state index in [1.54, 1.807) is 18.3 Å². The van der Waals surface area contributed by atoms with Gasteiger partial charge in [-0.15, -0.1) is 17.8 Å². The molecule has 0 unspecified atom stereocenters. The molecule has 2 N–H and O–H groups in total. The van der Waals surface area contributed by atoms with Crippen LogP contribution in [0.15, 0.2) is 67.3 Å². The number of ether oxygens (including phenoxy) is 1. The first-order valence-corrected chi connectivity index (χ1v) is 15.5. The van der Waals surface area contributed by atoms with Gasteiger partial charge in [0.2, 0.25) is 5.91 Å². The first-order chi connectivity index (χ1) is 21.8. The van der Waals surface area contributed by atoms with E-state index >= 15 is 4.39 Å². The standard InChI is InChI=1S/C33H28F2N6O2S2/c1-2-21-15-23(34)6-5-22(21)16-31(42)39-33(44)38-24-7-8-28(25(35)17-24)43-29-9-10-36-26-18-30(45-32(26)29)27-19-41(20-37-27)14-13-40-11-3-4-12-40/h1,5-10,15,17-20H,3-4,11-14,16H2,(H2,38,39,42,44). The lowest BCUT2D eigenvalue weighted by Crippen LogP contribution is -2.35. The summed E-state index contributed by atoms with van der Waals surface area (Å²) in [6.07, 6.45) is 13.4. The van der Waals surface area contributed by atoms with Gasteiger partial charge in [-0.3, -0.25) is 9.78 Å². The first kappa shape index (κ1) is 30.3. The van der Waals surface area contributed by atoms with Gasteiger partial charge in [-0.2, -0.15) is 0 Å². The number of carbonyl (C=O) groups is 1. The Morgan fingerprint density at radius 2 is 1.91 bits per heavy atom. The van der Waals surface area contributed by atoms with E-state index < -0.39 is 17.5 Å². The number of imidazole rings is 1. The number of hydrogen-bond donors (Lipinski definition) is 2. The van der Waals surface area contributed by atoms with E-state index in [0.717, 1.165) is 47.0 Å². The van der Waals surface area contributed by atoms with E-state index in [1.165, 1.54) is 54.5 Å². The van der Waals surface area contributed by atoms with Gasteiger partial charge in [0.15, 0.2) is 16.7 Å². The van der Waals surface area contributed by atoms with E-state index in [-0.39, 0.29) is 22.8 Å². The number of halogens is 2. The number of pyridine rings is 1. The number of fused-ring (bicyclic) bond motifs is 1. The molecule has 228 valence electrons. The molecule has 6 rings (SSSR count). The summed E-state index contributed by atoms with van der Waals surface area (Å²) < 4.78 is 37.4. The molecule has 4 heterocycles. The molecule has 0 bridgehead atoms. The molecule has 0 radical (unpaired) electrons. The molecular weight excluding hydrogens is 615 g/mol. The van der Waals surface area contributed by atoms with Crippen molar-refractivity contribution in [1.29, 1.82) is 0 Å². The second kappa shape index (κ2) is 13.5. The normalized spacial score (nSPS) is 13.1. The van der Waals surface area contributed by atoms with Crippen LogP contribution in [0.4, 0.5) is 14.5 Å². The lowest BCUT2D eigenvalue weighted by atomic mass is 10.0. The summed E-state index contributed by atoms with van der Waals surface area (Å²) in [4.78, 5) is 24.9. The van der Waals surface area contributed by atoms with Crippen LogP contribution in [0.1, 0.15) is 24.0 Å². The maximum atomic E-state index is 15.1. The average Bonchev–Trinajstić information content (AvgIpc) is 3.79. The smallest absolute Gasteiger partial charge is 0.230 e. The van der Waals surface area contributed by atoms with E-state index in [9.17, 15) is 9.18 Å². The van der Waals surface area contributed by atoms with Crippen molar-refractivity contribution in [2.75, 3.05) is 25.0 Å². The summed E-state index contributed by atoms with van der Waals surface area (Å²) in [6.45, 7) is 4.21. The van der Waals surface area contributed by atoms with E-state index in [4.69, 9.17) is 23.4 Å². The van der Waals surface area contributed by atoms with Crippen LogP contribution in [0.25, 0.3) is 20.8 Å². The molecule has 0 saturated carbocycles. The molecule has 2 aromatic carbocycles. The Labute approximate surface area is 268 Å². The molecular formula is C33H28F2N6O2S2. The second-order valence-corrected chi connectivity index (χ2v) is 12.0. The molecule has 3 aromatic heterocycles. The van der Waals surface area contributed by atoms with Crippen molar-refractivity contribution < 1.29 is 18.3 Å². The lowest BCUT2D eigenvalue weighted by Gasteiger charge is -2.14. The van der Waals surface area contributed by atoms with Gasteiger partial charge < -0.3 is 24.8 Å². The van der Waals surface area contributed by atoms with Crippen LogP contribution in [0.2, 0.25) is 0 Å². The quantitative estimate of drug-likeness (QED) is 0.143. The van der Waals surface area contributed by atoms with Gasteiger partial charge in [0, 0.05) is 48.9 Å². The summed E-state index contributed by atoms with van der Waals surface area (Å²) in [5.74, 6) is 1.28. The number of benzene rings is 2. The third kappa shape index (κ3) is 7.34. The van der Waals surface area contributed by atoms with Gasteiger partial charge in [0.25, 0.3) is 0 Å². The topological polar surface area (TPSA) is 84.3 Å². The van der Waals surface area contributed by atoms with Crippen LogP contribution in [-0.2, 0) is 17.8 Å². The zero-order valence-corrected chi connectivity index (χ0v) is 25.7. The Hall–Kier alpha value is -4.70. The largest absolute Gasteiger partial charge is 0.453 e. The Bertz CT molecular complexity index is 1930. The zero-order valence-electron chi connectivity index (χ0n) is 24.1. The van der Waals surface area contributed by atoms with Crippen molar-refractivity contribution in [3.63, 3.8) is 0 Å². The molecule has 0 aliphatic carbocycles. The fraction of sp³-hybridized carbons (Fsp3) is 0.212. The molecule has 45 heavy (non-hydrogen) atoms. The SMILES string of the molecule is C#Cc1cc(F)ccc1CC(=O)NC(=S)Nc1ccc(Oc2ccnc3cc(-c4cn(CCN5CCCC5)cn4)sc23)c(F)c1. The summed E-state index contributed by atoms with van der Waals surface area (Å²) in [7, 11) is 0. The van der Waals surface area contributed by atoms with E-state index in [2.05, 4.69) is 36.0 Å². The second-order valence-electron chi connectivity index (χ2n) is 10.6. The van der Waals surface area contributed by atoms with Gasteiger partial charge >= 0.3 is 0 Å². The van der Waals surface area contributed by atoms with Crippen molar-refractivity contribution in [2.24, 2.45) is 0 Å². The minimum atomic E-state index is -0.627. The van der Waals surface area contributed by atoms with Gasteiger partial charge in [-0.05, 0) is 74.0 Å². The third-order valence-electron chi connectivity index (χ3n) is 7.38. The van der Waals surface area contributed by atoms with Crippen molar-refractivity contribution >= 4 is 50.5 Å². The number of anilines is 1. The van der Waals surface area contributed by atoms with Crippen molar-refractivity contribution in [3.05, 3.63) is 90.0 Å². The summed E-state index contributed by atoms with van der Waals surface area (Å²) in [6, 6.07) is 11.8. The number of likely N-dealkylation sites (tertiary alicyclic amines) is 1. The van der Waals surface area contributed by atoms with E-state index in [1.807, 2.05) is 18.6 Å². The van der Waals surface area contributed by atoms with Crippen LogP contribution in [0.5, 0.6) is 11.5 Å². The first-order valence-electron chi connectivity index (χ1n) is 14.3. The molecule has 1 aliphatic rings. The van der Waals surface area contributed by atoms with Crippen molar-refractivity contribution in [2.45, 2.75) is 25.8 Å². The van der Waals surface area contributed by atoms with Crippen LogP contribution in [0, 0.1) is 24.0 Å². The Kier molecular flexibility index (Phi) is 9.11. The van der Waals surface area contributed by atoms with Crippen molar-refractivity contribution in [3.8, 4) is 34.4 Å². The van der Waals surface area contributed by atoms with Crippen LogP contribution < -0.4 is 15.4 Å².